The fourth-order valence-corrected chi connectivity index (χ4v) is 1.55. The van der Waals surface area contributed by atoms with Crippen LogP contribution in [0, 0.1) is 13.8 Å². The van der Waals surface area contributed by atoms with Crippen molar-refractivity contribution in [2.24, 2.45) is 5.73 Å². The van der Waals surface area contributed by atoms with Crippen LogP contribution in [0.4, 0.5) is 0 Å². The number of nitrogens with two attached hydrogens (primary N) is 1. The first-order valence-electron chi connectivity index (χ1n) is 5.58. The second-order valence-electron chi connectivity index (χ2n) is 4.31. The Morgan fingerprint density at radius 1 is 1.41 bits per heavy atom. The van der Waals surface area contributed by atoms with Gasteiger partial charge in [0.25, 0.3) is 0 Å². The second-order valence-corrected chi connectivity index (χ2v) is 4.31. The van der Waals surface area contributed by atoms with Crippen molar-refractivity contribution in [3.8, 4) is 0 Å². The number of benzene rings is 1. The Hall–Kier alpha value is -1.06. The fourth-order valence-electron chi connectivity index (χ4n) is 1.55. The average Bonchev–Trinajstić information content (AvgIpc) is 2.23. The normalized spacial score (nSPS) is 11.5. The standard InChI is InChI=1S/C13H20N2O.ClH/c1-9-4-5-10(2)12(6-9)7-13(16)15-11(3)8-14;/h4-6,11H,7-8,14H2,1-3H3,(H,15,16);1H/t11-;/m1./s1. The lowest BCUT2D eigenvalue weighted by Crippen LogP contribution is -2.38. The van der Waals surface area contributed by atoms with Crippen LogP contribution in [0.2, 0.25) is 0 Å². The highest BCUT2D eigenvalue weighted by Gasteiger charge is 2.08. The summed E-state index contributed by atoms with van der Waals surface area (Å²) in [6.07, 6.45) is 0.428. The maximum atomic E-state index is 11.7. The van der Waals surface area contributed by atoms with Gasteiger partial charge in [0.2, 0.25) is 5.91 Å². The number of carbonyl (C=O) groups is 1. The summed E-state index contributed by atoms with van der Waals surface area (Å²) in [7, 11) is 0. The highest BCUT2D eigenvalue weighted by molar-refractivity contribution is 5.85. The van der Waals surface area contributed by atoms with Gasteiger partial charge >= 0.3 is 0 Å². The van der Waals surface area contributed by atoms with Gasteiger partial charge in [-0.1, -0.05) is 23.8 Å². The molecule has 0 fully saturated rings. The van der Waals surface area contributed by atoms with Crippen LogP contribution in [0.1, 0.15) is 23.6 Å². The van der Waals surface area contributed by atoms with E-state index in [1.165, 1.54) is 5.56 Å². The van der Waals surface area contributed by atoms with Crippen molar-refractivity contribution in [3.63, 3.8) is 0 Å². The molecule has 1 amide bonds. The van der Waals surface area contributed by atoms with Gasteiger partial charge in [-0.15, -0.1) is 12.4 Å². The number of amides is 1. The number of carbonyl (C=O) groups excluding carboxylic acids is 1. The van der Waals surface area contributed by atoms with Gasteiger partial charge in [0, 0.05) is 12.6 Å². The third-order valence-corrected chi connectivity index (χ3v) is 2.62. The maximum absolute atomic E-state index is 11.7. The van der Waals surface area contributed by atoms with Crippen molar-refractivity contribution in [3.05, 3.63) is 34.9 Å². The first-order valence-corrected chi connectivity index (χ1v) is 5.58. The van der Waals surface area contributed by atoms with E-state index < -0.39 is 0 Å². The highest BCUT2D eigenvalue weighted by Crippen LogP contribution is 2.11. The molecule has 3 N–H and O–H groups in total. The van der Waals surface area contributed by atoms with E-state index in [4.69, 9.17) is 5.73 Å². The minimum atomic E-state index is 0. The van der Waals surface area contributed by atoms with E-state index in [1.54, 1.807) is 0 Å². The quantitative estimate of drug-likeness (QED) is 0.862. The molecule has 0 aliphatic rings. The zero-order chi connectivity index (χ0) is 12.1. The van der Waals surface area contributed by atoms with Gasteiger partial charge < -0.3 is 11.1 Å². The smallest absolute Gasteiger partial charge is 0.224 e. The lowest BCUT2D eigenvalue weighted by Gasteiger charge is -2.12. The Balaban J connectivity index is 0.00000256. The Kier molecular flexibility index (Phi) is 6.85. The molecule has 96 valence electrons. The lowest BCUT2D eigenvalue weighted by atomic mass is 10.0. The summed E-state index contributed by atoms with van der Waals surface area (Å²) in [5.41, 5.74) is 8.87. The van der Waals surface area contributed by atoms with E-state index in [1.807, 2.05) is 26.8 Å². The minimum Gasteiger partial charge on any atom is -0.352 e. The molecule has 0 heterocycles. The molecule has 0 aliphatic carbocycles. The van der Waals surface area contributed by atoms with E-state index in [9.17, 15) is 4.79 Å². The Bertz CT molecular complexity index is 380. The van der Waals surface area contributed by atoms with Crippen molar-refractivity contribution in [1.29, 1.82) is 0 Å². The molecule has 17 heavy (non-hydrogen) atoms. The minimum absolute atomic E-state index is 0. The molecule has 1 aromatic carbocycles. The molecular formula is C13H21ClN2O. The molecule has 0 aromatic heterocycles. The van der Waals surface area contributed by atoms with Gasteiger partial charge in [-0.2, -0.15) is 0 Å². The first-order chi connectivity index (χ1) is 7.52. The van der Waals surface area contributed by atoms with Gasteiger partial charge in [-0.3, -0.25) is 4.79 Å². The molecule has 3 nitrogen and oxygen atoms in total. The molecule has 0 saturated carbocycles. The summed E-state index contributed by atoms with van der Waals surface area (Å²) < 4.78 is 0. The molecule has 1 atom stereocenters. The average molecular weight is 257 g/mol. The van der Waals surface area contributed by atoms with E-state index in [0.29, 0.717) is 13.0 Å². The van der Waals surface area contributed by atoms with E-state index in [2.05, 4.69) is 17.4 Å². The maximum Gasteiger partial charge on any atom is 0.224 e. The van der Waals surface area contributed by atoms with Crippen molar-refractivity contribution < 1.29 is 4.79 Å². The molecule has 0 radical (unpaired) electrons. The molecular weight excluding hydrogens is 236 g/mol. The van der Waals surface area contributed by atoms with Crippen LogP contribution in [0.25, 0.3) is 0 Å². The third kappa shape index (κ3) is 5.20. The van der Waals surface area contributed by atoms with Crippen molar-refractivity contribution >= 4 is 18.3 Å². The lowest BCUT2D eigenvalue weighted by molar-refractivity contribution is -0.121. The van der Waals surface area contributed by atoms with Crippen LogP contribution in [0.15, 0.2) is 18.2 Å². The summed E-state index contributed by atoms with van der Waals surface area (Å²) in [4.78, 5) is 11.7. The molecule has 1 aromatic rings. The predicted molar refractivity (Wildman–Crippen MR) is 73.5 cm³/mol. The van der Waals surface area contributed by atoms with Crippen LogP contribution < -0.4 is 11.1 Å². The topological polar surface area (TPSA) is 55.1 Å². The second kappa shape index (κ2) is 7.30. The van der Waals surface area contributed by atoms with Crippen LogP contribution in [0.3, 0.4) is 0 Å². The van der Waals surface area contributed by atoms with E-state index in [0.717, 1.165) is 11.1 Å². The molecule has 1 rings (SSSR count). The van der Waals surface area contributed by atoms with Crippen molar-refractivity contribution in [1.82, 2.24) is 5.32 Å². The number of halogens is 1. The van der Waals surface area contributed by atoms with Crippen molar-refractivity contribution in [2.45, 2.75) is 33.2 Å². The zero-order valence-electron chi connectivity index (χ0n) is 10.6. The molecule has 0 bridgehead atoms. The van der Waals surface area contributed by atoms with Gasteiger partial charge in [0.15, 0.2) is 0 Å². The molecule has 0 spiro atoms. The third-order valence-electron chi connectivity index (χ3n) is 2.62. The number of aryl methyl sites for hydroxylation is 2. The summed E-state index contributed by atoms with van der Waals surface area (Å²) in [6.45, 7) is 6.43. The summed E-state index contributed by atoms with van der Waals surface area (Å²) in [6, 6.07) is 6.20. The van der Waals surface area contributed by atoms with Crippen LogP contribution in [-0.4, -0.2) is 18.5 Å². The molecule has 4 heteroatoms. The largest absolute Gasteiger partial charge is 0.352 e. The number of hydrogen-bond donors (Lipinski definition) is 2. The SMILES string of the molecule is Cc1ccc(C)c(CC(=O)N[C@H](C)CN)c1.Cl. The first kappa shape index (κ1) is 15.9. The molecule has 0 saturated heterocycles. The van der Waals surface area contributed by atoms with E-state index >= 15 is 0 Å². The monoisotopic (exact) mass is 256 g/mol. The number of hydrogen-bond acceptors (Lipinski definition) is 2. The molecule has 0 unspecified atom stereocenters. The zero-order valence-corrected chi connectivity index (χ0v) is 11.4. The fraction of sp³-hybridized carbons (Fsp3) is 0.462. The van der Waals surface area contributed by atoms with Crippen LogP contribution in [0.5, 0.6) is 0 Å². The summed E-state index contributed by atoms with van der Waals surface area (Å²) in [5, 5.41) is 2.86. The van der Waals surface area contributed by atoms with Gasteiger partial charge in [0.1, 0.15) is 0 Å². The highest BCUT2D eigenvalue weighted by atomic mass is 35.5. The molecule has 0 aliphatic heterocycles. The Morgan fingerprint density at radius 2 is 2.06 bits per heavy atom. The van der Waals surface area contributed by atoms with Gasteiger partial charge in [-0.05, 0) is 31.9 Å². The summed E-state index contributed by atoms with van der Waals surface area (Å²) in [5.74, 6) is 0.0339. The number of nitrogens with one attached hydrogen (secondary N) is 1. The summed E-state index contributed by atoms with van der Waals surface area (Å²) >= 11 is 0. The number of rotatable bonds is 4. The van der Waals surface area contributed by atoms with E-state index in [-0.39, 0.29) is 24.4 Å². The van der Waals surface area contributed by atoms with Gasteiger partial charge in [0.05, 0.1) is 6.42 Å². The van der Waals surface area contributed by atoms with Crippen LogP contribution in [-0.2, 0) is 11.2 Å². The van der Waals surface area contributed by atoms with Crippen molar-refractivity contribution in [2.75, 3.05) is 6.54 Å². The Labute approximate surface area is 109 Å². The Morgan fingerprint density at radius 3 is 2.65 bits per heavy atom. The predicted octanol–water partition coefficient (Wildman–Crippen LogP) is 1.73. The van der Waals surface area contributed by atoms with Gasteiger partial charge in [-0.25, -0.2) is 0 Å². The van der Waals surface area contributed by atoms with Crippen LogP contribution >= 0.6 is 12.4 Å².